The summed E-state index contributed by atoms with van der Waals surface area (Å²) >= 11 is 0. The zero-order valence-electron chi connectivity index (χ0n) is 16.0. The minimum absolute atomic E-state index is 0.00920. The molecule has 0 aromatic heterocycles. The van der Waals surface area contributed by atoms with Gasteiger partial charge >= 0.3 is 6.09 Å². The van der Waals surface area contributed by atoms with Crippen LogP contribution in [-0.2, 0) is 20.9 Å². The molecule has 6 nitrogen and oxygen atoms in total. The highest BCUT2D eigenvalue weighted by molar-refractivity contribution is 5.97. The van der Waals surface area contributed by atoms with Gasteiger partial charge in [-0.3, -0.25) is 9.59 Å². The number of imide groups is 1. The molecule has 0 fully saturated rings. The molecule has 6 heteroatoms. The van der Waals surface area contributed by atoms with E-state index < -0.39 is 24.1 Å². The summed E-state index contributed by atoms with van der Waals surface area (Å²) in [5.41, 5.74) is 6.80. The third-order valence-electron chi connectivity index (χ3n) is 4.32. The van der Waals surface area contributed by atoms with Gasteiger partial charge in [0, 0.05) is 0 Å². The first kappa shape index (κ1) is 21.8. The number of carbonyl (C=O) groups is 2. The van der Waals surface area contributed by atoms with Crippen LogP contribution >= 0.6 is 0 Å². The van der Waals surface area contributed by atoms with Crippen LogP contribution in [0.1, 0.15) is 46.1 Å². The zero-order valence-corrected chi connectivity index (χ0v) is 16.0. The molecular weight excluding hydrogens is 332 g/mol. The lowest BCUT2D eigenvalue weighted by molar-refractivity contribution is -0.133. The van der Waals surface area contributed by atoms with E-state index in [0.717, 1.165) is 10.5 Å². The maximum Gasteiger partial charge on any atom is 0.417 e. The molecule has 0 saturated heterocycles. The Balaban J connectivity index is 2.99. The highest BCUT2D eigenvalue weighted by Crippen LogP contribution is 2.17. The van der Waals surface area contributed by atoms with E-state index in [1.54, 1.807) is 6.29 Å². The number of nitrogens with zero attached hydrogens (tertiary/aromatic N) is 1. The highest BCUT2D eigenvalue weighted by atomic mass is 16.6. The average Bonchev–Trinajstić information content (AvgIpc) is 2.64. The van der Waals surface area contributed by atoms with Crippen LogP contribution in [0.5, 0.6) is 0 Å². The number of amides is 2. The molecule has 0 heterocycles. The van der Waals surface area contributed by atoms with E-state index in [1.165, 1.54) is 0 Å². The van der Waals surface area contributed by atoms with E-state index in [-0.39, 0.29) is 18.4 Å². The van der Waals surface area contributed by atoms with Crippen molar-refractivity contribution in [3.05, 3.63) is 35.9 Å². The van der Waals surface area contributed by atoms with Crippen molar-refractivity contribution in [1.82, 2.24) is 4.90 Å². The summed E-state index contributed by atoms with van der Waals surface area (Å²) < 4.78 is 5.27. The molecule has 1 aromatic carbocycles. The van der Waals surface area contributed by atoms with Gasteiger partial charge in [-0.15, -0.1) is 0 Å². The summed E-state index contributed by atoms with van der Waals surface area (Å²) in [4.78, 5) is 37.7. The summed E-state index contributed by atoms with van der Waals surface area (Å²) in [5.74, 6) is -0.636. The van der Waals surface area contributed by atoms with Crippen molar-refractivity contribution in [3.63, 3.8) is 0 Å². The highest BCUT2D eigenvalue weighted by Gasteiger charge is 2.36. The van der Waals surface area contributed by atoms with E-state index in [9.17, 15) is 14.4 Å². The molecule has 3 atom stereocenters. The lowest BCUT2D eigenvalue weighted by Crippen LogP contribution is -2.54. The molecule has 1 aromatic rings. The standard InChI is InChI=1S/C20H29N2O4/c1-5-15(4)18(21)19(24)22(17(12-23)11-14(2)3)20(25)26-13-16-9-7-6-8-10-16/h6-10,14-15,17-18H,5,11,13,21H2,1-4H3/t15-,17-,18-/m0/s1. The summed E-state index contributed by atoms with van der Waals surface area (Å²) in [7, 11) is 0. The summed E-state index contributed by atoms with van der Waals surface area (Å²) in [6, 6.07) is 7.22. The van der Waals surface area contributed by atoms with Crippen LogP contribution in [0.4, 0.5) is 4.79 Å². The van der Waals surface area contributed by atoms with Crippen LogP contribution < -0.4 is 5.73 Å². The van der Waals surface area contributed by atoms with Crippen LogP contribution in [0, 0.1) is 11.8 Å². The number of hydrogen-bond acceptors (Lipinski definition) is 5. The summed E-state index contributed by atoms with van der Waals surface area (Å²) in [6.45, 7) is 7.55. The van der Waals surface area contributed by atoms with Crippen LogP contribution in [-0.4, -0.2) is 35.3 Å². The molecule has 0 saturated carbocycles. The number of nitrogens with two attached hydrogens (primary N) is 1. The van der Waals surface area contributed by atoms with Gasteiger partial charge in [0.15, 0.2) is 0 Å². The minimum atomic E-state index is -1.01. The number of benzene rings is 1. The predicted molar refractivity (Wildman–Crippen MR) is 99.8 cm³/mol. The largest absolute Gasteiger partial charge is 0.444 e. The van der Waals surface area contributed by atoms with Crippen molar-refractivity contribution < 1.29 is 19.1 Å². The first-order chi connectivity index (χ1) is 12.3. The first-order valence-electron chi connectivity index (χ1n) is 8.98. The molecule has 0 aliphatic rings. The van der Waals surface area contributed by atoms with Crippen molar-refractivity contribution in [2.75, 3.05) is 0 Å². The number of hydrogen-bond donors (Lipinski definition) is 1. The van der Waals surface area contributed by atoms with Gasteiger partial charge in [-0.25, -0.2) is 9.69 Å². The maximum atomic E-state index is 12.8. The second-order valence-electron chi connectivity index (χ2n) is 6.92. The van der Waals surface area contributed by atoms with Gasteiger partial charge in [-0.05, 0) is 23.8 Å². The molecule has 0 bridgehead atoms. The molecule has 1 rings (SSSR count). The third kappa shape index (κ3) is 6.26. The minimum Gasteiger partial charge on any atom is -0.444 e. The average molecular weight is 361 g/mol. The lowest BCUT2D eigenvalue weighted by Gasteiger charge is -2.30. The number of ether oxygens (including phenoxy) is 1. The van der Waals surface area contributed by atoms with E-state index in [1.807, 2.05) is 58.0 Å². The Morgan fingerprint density at radius 2 is 1.81 bits per heavy atom. The SMILES string of the molecule is CC[C@H](C)[C@H](N)C(=O)N(C(=O)OCc1ccccc1)[C@H]([C]=O)CC(C)C. The van der Waals surface area contributed by atoms with Crippen molar-refractivity contribution in [3.8, 4) is 0 Å². The second kappa shape index (κ2) is 10.7. The zero-order chi connectivity index (χ0) is 19.7. The molecular formula is C20H29N2O4. The predicted octanol–water partition coefficient (Wildman–Crippen LogP) is 3.05. The molecule has 143 valence electrons. The van der Waals surface area contributed by atoms with E-state index >= 15 is 0 Å². The van der Waals surface area contributed by atoms with E-state index in [0.29, 0.717) is 12.8 Å². The smallest absolute Gasteiger partial charge is 0.417 e. The van der Waals surface area contributed by atoms with Gasteiger partial charge in [0.1, 0.15) is 12.6 Å². The van der Waals surface area contributed by atoms with E-state index in [4.69, 9.17) is 10.5 Å². The topological polar surface area (TPSA) is 89.7 Å². The molecule has 26 heavy (non-hydrogen) atoms. The van der Waals surface area contributed by atoms with E-state index in [2.05, 4.69) is 0 Å². The molecule has 0 aliphatic carbocycles. The molecule has 2 amide bonds. The van der Waals surface area contributed by atoms with Crippen molar-refractivity contribution in [2.24, 2.45) is 17.6 Å². The molecule has 0 spiro atoms. The van der Waals surface area contributed by atoms with Gasteiger partial charge in [0.2, 0.25) is 12.2 Å². The number of rotatable bonds is 9. The Bertz CT molecular complexity index is 589. The number of carbonyl (C=O) groups excluding carboxylic acids is 3. The second-order valence-corrected chi connectivity index (χ2v) is 6.92. The fourth-order valence-electron chi connectivity index (χ4n) is 2.47. The Morgan fingerprint density at radius 3 is 2.31 bits per heavy atom. The van der Waals surface area contributed by atoms with Crippen LogP contribution in [0.3, 0.4) is 0 Å². The van der Waals surface area contributed by atoms with Crippen molar-refractivity contribution in [2.45, 2.75) is 59.2 Å². The Kier molecular flexibility index (Phi) is 8.99. The Labute approximate surface area is 155 Å². The third-order valence-corrected chi connectivity index (χ3v) is 4.32. The summed E-state index contributed by atoms with van der Waals surface area (Å²) in [6.07, 6.45) is 1.92. The maximum absolute atomic E-state index is 12.8. The lowest BCUT2D eigenvalue weighted by atomic mass is 9.97. The first-order valence-corrected chi connectivity index (χ1v) is 8.98. The van der Waals surface area contributed by atoms with Crippen molar-refractivity contribution >= 4 is 18.3 Å². The van der Waals surface area contributed by atoms with Gasteiger partial charge in [-0.2, -0.15) is 0 Å². The van der Waals surface area contributed by atoms with Gasteiger partial charge < -0.3 is 10.5 Å². The van der Waals surface area contributed by atoms with Crippen LogP contribution in [0.15, 0.2) is 30.3 Å². The molecule has 0 unspecified atom stereocenters. The Hall–Kier alpha value is -2.21. The normalized spacial score (nSPS) is 14.4. The Morgan fingerprint density at radius 1 is 1.19 bits per heavy atom. The van der Waals surface area contributed by atoms with Gasteiger partial charge in [0.25, 0.3) is 0 Å². The van der Waals surface area contributed by atoms with Crippen LogP contribution in [0.25, 0.3) is 0 Å². The van der Waals surface area contributed by atoms with Gasteiger partial charge in [0.05, 0.1) is 6.04 Å². The van der Waals surface area contributed by atoms with Crippen LogP contribution in [0.2, 0.25) is 0 Å². The van der Waals surface area contributed by atoms with Gasteiger partial charge in [-0.1, -0.05) is 64.4 Å². The monoisotopic (exact) mass is 361 g/mol. The molecule has 2 N–H and O–H groups in total. The fraction of sp³-hybridized carbons (Fsp3) is 0.550. The molecule has 1 radical (unpaired) electrons. The fourth-order valence-corrected chi connectivity index (χ4v) is 2.47. The molecule has 0 aliphatic heterocycles. The quantitative estimate of drug-likeness (QED) is 0.730. The van der Waals surface area contributed by atoms with Crippen molar-refractivity contribution in [1.29, 1.82) is 0 Å². The summed E-state index contributed by atoms with van der Waals surface area (Å²) in [5, 5.41) is 0.